The molecule has 1 N–H and O–H groups in total. The number of hydrogen-bond acceptors (Lipinski definition) is 6. The molecule has 0 aromatic heterocycles. The zero-order chi connectivity index (χ0) is 19.7. The SMILES string of the molecule is C=C(NCC(=O)N1CCCC1)C1=C(SC)N=C2SC3=C(CCCCC3)N2C1=C. The van der Waals surface area contributed by atoms with E-state index in [1.54, 1.807) is 23.5 Å². The molecule has 0 saturated carbocycles. The minimum atomic E-state index is 0.140. The summed E-state index contributed by atoms with van der Waals surface area (Å²) in [6.45, 7) is 10.7. The van der Waals surface area contributed by atoms with Crippen molar-refractivity contribution >= 4 is 34.6 Å². The van der Waals surface area contributed by atoms with Gasteiger partial charge < -0.3 is 10.2 Å². The van der Waals surface area contributed by atoms with Crippen LogP contribution in [0.1, 0.15) is 44.9 Å². The maximum absolute atomic E-state index is 12.4. The molecule has 0 spiro atoms. The number of hydrogen-bond donors (Lipinski definition) is 1. The van der Waals surface area contributed by atoms with Crippen molar-refractivity contribution in [1.29, 1.82) is 0 Å². The van der Waals surface area contributed by atoms with Crippen LogP contribution in [-0.2, 0) is 4.79 Å². The first-order chi connectivity index (χ1) is 13.6. The number of fused-ring (bicyclic) bond motifs is 2. The van der Waals surface area contributed by atoms with E-state index in [4.69, 9.17) is 4.99 Å². The molecule has 0 radical (unpaired) electrons. The topological polar surface area (TPSA) is 47.9 Å². The van der Waals surface area contributed by atoms with Crippen molar-refractivity contribution in [2.75, 3.05) is 25.9 Å². The van der Waals surface area contributed by atoms with E-state index in [9.17, 15) is 4.79 Å². The molecule has 1 fully saturated rings. The van der Waals surface area contributed by atoms with E-state index in [1.807, 2.05) is 11.2 Å². The minimum absolute atomic E-state index is 0.140. The third-order valence-corrected chi connectivity index (χ3v) is 7.52. The molecule has 1 saturated heterocycles. The van der Waals surface area contributed by atoms with Gasteiger partial charge in [0.15, 0.2) is 5.17 Å². The van der Waals surface area contributed by atoms with Crippen LogP contribution in [0.15, 0.2) is 50.7 Å². The van der Waals surface area contributed by atoms with E-state index in [-0.39, 0.29) is 12.5 Å². The second-order valence-electron chi connectivity index (χ2n) is 7.51. The number of carbonyl (C=O) groups excluding carboxylic acids is 1. The summed E-state index contributed by atoms with van der Waals surface area (Å²) in [7, 11) is 0. The first-order valence-corrected chi connectivity index (χ1v) is 12.1. The normalized spacial score (nSPS) is 22.2. The van der Waals surface area contributed by atoms with Gasteiger partial charge in [-0.25, -0.2) is 4.99 Å². The number of amides is 1. The highest BCUT2D eigenvalue weighted by molar-refractivity contribution is 8.17. The lowest BCUT2D eigenvalue weighted by molar-refractivity contribution is -0.129. The number of thioether (sulfide) groups is 2. The van der Waals surface area contributed by atoms with Gasteiger partial charge in [0.1, 0.15) is 5.03 Å². The summed E-state index contributed by atoms with van der Waals surface area (Å²) < 4.78 is 0. The molecular formula is C21H28N4OS2. The van der Waals surface area contributed by atoms with Gasteiger partial charge >= 0.3 is 0 Å². The molecule has 28 heavy (non-hydrogen) atoms. The van der Waals surface area contributed by atoms with Crippen LogP contribution in [-0.4, -0.2) is 46.8 Å². The predicted molar refractivity (Wildman–Crippen MR) is 120 cm³/mol. The van der Waals surface area contributed by atoms with Crippen LogP contribution in [0.2, 0.25) is 0 Å². The maximum Gasteiger partial charge on any atom is 0.241 e. The number of likely N-dealkylation sites (tertiary alicyclic amines) is 1. The largest absolute Gasteiger partial charge is 0.376 e. The molecule has 4 aliphatic rings. The van der Waals surface area contributed by atoms with Crippen molar-refractivity contribution in [3.05, 3.63) is 45.8 Å². The van der Waals surface area contributed by atoms with Crippen LogP contribution in [0.25, 0.3) is 0 Å². The Kier molecular flexibility index (Phi) is 5.92. The summed E-state index contributed by atoms with van der Waals surface area (Å²) in [4.78, 5) is 22.9. The molecule has 0 atom stereocenters. The van der Waals surface area contributed by atoms with E-state index in [0.29, 0.717) is 0 Å². The van der Waals surface area contributed by atoms with Gasteiger partial charge in [-0.1, -0.05) is 31.3 Å². The lowest BCUT2D eigenvalue weighted by Gasteiger charge is -2.31. The van der Waals surface area contributed by atoms with Crippen molar-refractivity contribution in [3.8, 4) is 0 Å². The monoisotopic (exact) mass is 416 g/mol. The Morgan fingerprint density at radius 3 is 2.71 bits per heavy atom. The third-order valence-electron chi connectivity index (χ3n) is 5.69. The van der Waals surface area contributed by atoms with Crippen LogP contribution >= 0.6 is 23.5 Å². The van der Waals surface area contributed by atoms with Crippen molar-refractivity contribution in [3.63, 3.8) is 0 Å². The Morgan fingerprint density at radius 2 is 1.96 bits per heavy atom. The molecule has 3 aliphatic heterocycles. The third kappa shape index (κ3) is 3.66. The van der Waals surface area contributed by atoms with Gasteiger partial charge in [-0.2, -0.15) is 0 Å². The van der Waals surface area contributed by atoms with Crippen molar-refractivity contribution in [1.82, 2.24) is 15.1 Å². The quantitative estimate of drug-likeness (QED) is 0.720. The number of nitrogens with zero attached hydrogens (tertiary/aromatic N) is 3. The van der Waals surface area contributed by atoms with Gasteiger partial charge in [0.25, 0.3) is 0 Å². The number of amidine groups is 1. The van der Waals surface area contributed by atoms with Gasteiger partial charge in [-0.05, 0) is 44.8 Å². The van der Waals surface area contributed by atoms with Gasteiger partial charge in [0.05, 0.1) is 17.8 Å². The van der Waals surface area contributed by atoms with Gasteiger partial charge in [0, 0.05) is 29.4 Å². The summed E-state index contributed by atoms with van der Waals surface area (Å²) in [6, 6.07) is 0. The molecule has 7 heteroatoms. The standard InChI is InChI=1S/C21H28N4OS2/c1-14(22-13-18(26)24-11-7-8-12-24)19-15(2)25-16-9-5-4-6-10-17(16)28-21(25)23-20(19)27-3/h22H,1-2,4-13H2,3H3. The molecule has 4 rings (SSSR count). The Balaban J connectivity index is 1.52. The summed E-state index contributed by atoms with van der Waals surface area (Å²) >= 11 is 3.41. The molecule has 0 bridgehead atoms. The van der Waals surface area contributed by atoms with E-state index >= 15 is 0 Å². The summed E-state index contributed by atoms with van der Waals surface area (Å²) in [5.41, 5.74) is 3.96. The lowest BCUT2D eigenvalue weighted by atomic mass is 10.1. The fraction of sp³-hybridized carbons (Fsp3) is 0.524. The van der Waals surface area contributed by atoms with Crippen LogP contribution in [0.4, 0.5) is 0 Å². The molecule has 1 aliphatic carbocycles. The lowest BCUT2D eigenvalue weighted by Crippen LogP contribution is -2.37. The summed E-state index contributed by atoms with van der Waals surface area (Å²) in [6.07, 6.45) is 10.2. The molecule has 150 valence electrons. The van der Waals surface area contributed by atoms with Crippen LogP contribution in [0.5, 0.6) is 0 Å². The van der Waals surface area contributed by atoms with Crippen molar-refractivity contribution in [2.45, 2.75) is 44.9 Å². The Morgan fingerprint density at radius 1 is 1.21 bits per heavy atom. The highest BCUT2D eigenvalue weighted by Gasteiger charge is 2.37. The predicted octanol–water partition coefficient (Wildman–Crippen LogP) is 4.39. The molecular weight excluding hydrogens is 388 g/mol. The van der Waals surface area contributed by atoms with E-state index < -0.39 is 0 Å². The smallest absolute Gasteiger partial charge is 0.241 e. The van der Waals surface area contributed by atoms with Crippen molar-refractivity contribution in [2.24, 2.45) is 4.99 Å². The summed E-state index contributed by atoms with van der Waals surface area (Å²) in [5, 5.41) is 5.19. The van der Waals surface area contributed by atoms with Crippen LogP contribution in [0, 0.1) is 0 Å². The molecule has 0 aromatic carbocycles. The average Bonchev–Trinajstić information content (AvgIpc) is 3.29. The number of nitrogens with one attached hydrogen (secondary N) is 1. The molecule has 1 amide bonds. The highest BCUT2D eigenvalue weighted by Crippen LogP contribution is 2.48. The first-order valence-electron chi connectivity index (χ1n) is 10.1. The highest BCUT2D eigenvalue weighted by atomic mass is 32.2. The van der Waals surface area contributed by atoms with Gasteiger partial charge in [-0.15, -0.1) is 11.8 Å². The van der Waals surface area contributed by atoms with Gasteiger partial charge in [0.2, 0.25) is 5.91 Å². The number of rotatable bonds is 5. The fourth-order valence-corrected chi connectivity index (χ4v) is 6.09. The van der Waals surface area contributed by atoms with E-state index in [1.165, 1.54) is 29.9 Å². The Labute approximate surface area is 176 Å². The van der Waals surface area contributed by atoms with E-state index in [0.717, 1.165) is 65.9 Å². The second-order valence-corrected chi connectivity index (χ2v) is 9.37. The average molecular weight is 417 g/mol. The molecule has 0 aromatic rings. The van der Waals surface area contributed by atoms with Crippen molar-refractivity contribution < 1.29 is 4.79 Å². The zero-order valence-electron chi connectivity index (χ0n) is 16.6. The summed E-state index contributed by atoms with van der Waals surface area (Å²) in [5.74, 6) is 0.140. The molecule has 0 unspecified atom stereocenters. The van der Waals surface area contributed by atoms with Crippen LogP contribution in [0.3, 0.4) is 0 Å². The molecule has 5 nitrogen and oxygen atoms in total. The second kappa shape index (κ2) is 8.41. The first kappa shape index (κ1) is 19.7. The number of aliphatic imine (C=N–C) groups is 1. The number of carbonyl (C=O) groups is 1. The Hall–Kier alpha value is -1.60. The Bertz CT molecular complexity index is 805. The maximum atomic E-state index is 12.4. The zero-order valence-corrected chi connectivity index (χ0v) is 18.2. The van der Waals surface area contributed by atoms with Gasteiger partial charge in [-0.3, -0.25) is 9.69 Å². The minimum Gasteiger partial charge on any atom is -0.376 e. The van der Waals surface area contributed by atoms with Crippen LogP contribution < -0.4 is 5.32 Å². The van der Waals surface area contributed by atoms with E-state index in [2.05, 4.69) is 23.4 Å². The molecule has 3 heterocycles. The fourth-order valence-electron chi connectivity index (χ4n) is 4.19. The number of allylic oxidation sites excluding steroid dienone is 2.